The summed E-state index contributed by atoms with van der Waals surface area (Å²) < 4.78 is 0. The lowest BCUT2D eigenvalue weighted by molar-refractivity contribution is 0.0962. The van der Waals surface area contributed by atoms with Crippen LogP contribution in [-0.4, -0.2) is 28.8 Å². The number of anilines is 1. The predicted octanol–water partition coefficient (Wildman–Crippen LogP) is 3.61. The van der Waals surface area contributed by atoms with Crippen molar-refractivity contribution in [2.75, 3.05) is 18.0 Å². The van der Waals surface area contributed by atoms with Crippen molar-refractivity contribution in [3.63, 3.8) is 0 Å². The first-order valence-electron chi connectivity index (χ1n) is 8.84. The highest BCUT2D eigenvalue weighted by atomic mass is 16.1. The summed E-state index contributed by atoms with van der Waals surface area (Å²) in [7, 11) is 0. The SMILES string of the molecule is Cc1ccccc1C1CC(=O)c2c(C)nc(N3CCCC3)nc2C1. The summed E-state index contributed by atoms with van der Waals surface area (Å²) in [6, 6.07) is 8.38. The highest BCUT2D eigenvalue weighted by Gasteiger charge is 2.31. The van der Waals surface area contributed by atoms with Gasteiger partial charge in [-0.05, 0) is 50.2 Å². The lowest BCUT2D eigenvalue weighted by atomic mass is 9.80. The van der Waals surface area contributed by atoms with Gasteiger partial charge in [0, 0.05) is 19.5 Å². The Hall–Kier alpha value is -2.23. The first kappa shape index (κ1) is 15.3. The van der Waals surface area contributed by atoms with E-state index in [-0.39, 0.29) is 11.7 Å². The van der Waals surface area contributed by atoms with Gasteiger partial charge in [0.15, 0.2) is 5.78 Å². The summed E-state index contributed by atoms with van der Waals surface area (Å²) in [6.07, 6.45) is 3.79. The minimum Gasteiger partial charge on any atom is -0.341 e. The van der Waals surface area contributed by atoms with Crippen LogP contribution in [0.5, 0.6) is 0 Å². The lowest BCUT2D eigenvalue weighted by Gasteiger charge is -2.27. The van der Waals surface area contributed by atoms with Gasteiger partial charge in [-0.2, -0.15) is 0 Å². The molecule has 4 heteroatoms. The van der Waals surface area contributed by atoms with Crippen LogP contribution in [0, 0.1) is 13.8 Å². The summed E-state index contributed by atoms with van der Waals surface area (Å²) in [6.45, 7) is 6.11. The van der Waals surface area contributed by atoms with Gasteiger partial charge in [0.05, 0.1) is 17.0 Å². The zero-order valence-corrected chi connectivity index (χ0v) is 14.4. The lowest BCUT2D eigenvalue weighted by Crippen LogP contribution is -2.26. The van der Waals surface area contributed by atoms with Crippen molar-refractivity contribution in [2.24, 2.45) is 0 Å². The summed E-state index contributed by atoms with van der Waals surface area (Å²) in [5, 5.41) is 0. The van der Waals surface area contributed by atoms with Gasteiger partial charge in [0.25, 0.3) is 0 Å². The molecule has 124 valence electrons. The Kier molecular flexibility index (Phi) is 3.83. The molecule has 4 rings (SSSR count). The van der Waals surface area contributed by atoms with E-state index in [0.29, 0.717) is 6.42 Å². The molecule has 24 heavy (non-hydrogen) atoms. The van der Waals surface area contributed by atoms with Crippen molar-refractivity contribution in [1.29, 1.82) is 0 Å². The number of fused-ring (bicyclic) bond motifs is 1. The van der Waals surface area contributed by atoms with E-state index in [1.54, 1.807) is 0 Å². The topological polar surface area (TPSA) is 46.1 Å². The van der Waals surface area contributed by atoms with Gasteiger partial charge in [0.1, 0.15) is 0 Å². The third-order valence-electron chi connectivity index (χ3n) is 5.32. The van der Waals surface area contributed by atoms with Crippen LogP contribution in [0.1, 0.15) is 58.1 Å². The van der Waals surface area contributed by atoms with Crippen molar-refractivity contribution in [2.45, 2.75) is 45.4 Å². The van der Waals surface area contributed by atoms with Crippen LogP contribution in [0.15, 0.2) is 24.3 Å². The van der Waals surface area contributed by atoms with Gasteiger partial charge in [0.2, 0.25) is 5.95 Å². The second-order valence-electron chi connectivity index (χ2n) is 7.01. The number of hydrogen-bond acceptors (Lipinski definition) is 4. The van der Waals surface area contributed by atoms with Crippen molar-refractivity contribution >= 4 is 11.7 Å². The van der Waals surface area contributed by atoms with Crippen molar-refractivity contribution in [3.8, 4) is 0 Å². The maximum atomic E-state index is 12.7. The quantitative estimate of drug-likeness (QED) is 0.848. The molecule has 1 fully saturated rings. The molecule has 0 spiro atoms. The molecule has 0 N–H and O–H groups in total. The number of carbonyl (C=O) groups excluding carboxylic acids is 1. The largest absolute Gasteiger partial charge is 0.341 e. The molecular formula is C20H23N3O. The van der Waals surface area contributed by atoms with E-state index in [1.807, 2.05) is 6.92 Å². The van der Waals surface area contributed by atoms with Gasteiger partial charge < -0.3 is 4.90 Å². The fourth-order valence-electron chi connectivity index (χ4n) is 4.08. The predicted molar refractivity (Wildman–Crippen MR) is 94.8 cm³/mol. The zero-order valence-electron chi connectivity index (χ0n) is 14.4. The maximum absolute atomic E-state index is 12.7. The molecule has 0 saturated carbocycles. The molecule has 0 amide bonds. The van der Waals surface area contributed by atoms with E-state index in [9.17, 15) is 4.79 Å². The molecule has 1 unspecified atom stereocenters. The van der Waals surface area contributed by atoms with Crippen LogP contribution in [-0.2, 0) is 6.42 Å². The number of ketones is 1. The first-order valence-corrected chi connectivity index (χ1v) is 8.84. The first-order chi connectivity index (χ1) is 11.6. The molecule has 4 nitrogen and oxygen atoms in total. The molecule has 1 atom stereocenters. The molecule has 2 aromatic rings. The normalized spacial score (nSPS) is 20.3. The monoisotopic (exact) mass is 321 g/mol. The van der Waals surface area contributed by atoms with E-state index >= 15 is 0 Å². The number of hydrogen-bond donors (Lipinski definition) is 0. The van der Waals surface area contributed by atoms with Crippen LogP contribution in [0.2, 0.25) is 0 Å². The van der Waals surface area contributed by atoms with E-state index in [1.165, 1.54) is 24.0 Å². The van der Waals surface area contributed by atoms with Gasteiger partial charge >= 0.3 is 0 Å². The summed E-state index contributed by atoms with van der Waals surface area (Å²) >= 11 is 0. The standard InChI is InChI=1S/C20H23N3O/c1-13-7-3-4-8-16(13)15-11-17-19(18(24)12-15)14(2)21-20(22-17)23-9-5-6-10-23/h3-4,7-8,15H,5-6,9-12H2,1-2H3. The van der Waals surface area contributed by atoms with Crippen LogP contribution >= 0.6 is 0 Å². The number of carbonyl (C=O) groups is 1. The van der Waals surface area contributed by atoms with Crippen molar-refractivity contribution in [1.82, 2.24) is 9.97 Å². The molecule has 1 saturated heterocycles. The Balaban J connectivity index is 1.73. The van der Waals surface area contributed by atoms with Crippen molar-refractivity contribution in [3.05, 3.63) is 52.3 Å². The van der Waals surface area contributed by atoms with Gasteiger partial charge in [-0.15, -0.1) is 0 Å². The van der Waals surface area contributed by atoms with Crippen LogP contribution in [0.3, 0.4) is 0 Å². The Morgan fingerprint density at radius 1 is 1.04 bits per heavy atom. The van der Waals surface area contributed by atoms with E-state index < -0.39 is 0 Å². The third kappa shape index (κ3) is 2.60. The van der Waals surface area contributed by atoms with E-state index in [0.717, 1.165) is 42.4 Å². The smallest absolute Gasteiger partial charge is 0.225 e. The number of rotatable bonds is 2. The number of Topliss-reactive ketones (excluding diaryl/α,β-unsaturated/α-hetero) is 1. The number of benzene rings is 1. The van der Waals surface area contributed by atoms with E-state index in [4.69, 9.17) is 4.98 Å². The number of nitrogens with zero attached hydrogens (tertiary/aromatic N) is 3. The average Bonchev–Trinajstić information content (AvgIpc) is 3.09. The Morgan fingerprint density at radius 2 is 1.79 bits per heavy atom. The summed E-state index contributed by atoms with van der Waals surface area (Å²) in [5.41, 5.74) is 5.08. The minimum atomic E-state index is 0.190. The van der Waals surface area contributed by atoms with E-state index in [2.05, 4.69) is 41.1 Å². The number of aryl methyl sites for hydroxylation is 2. The van der Waals surface area contributed by atoms with Crippen molar-refractivity contribution < 1.29 is 4.79 Å². The Bertz CT molecular complexity index is 793. The molecular weight excluding hydrogens is 298 g/mol. The molecule has 1 aromatic carbocycles. The number of aromatic nitrogens is 2. The second-order valence-corrected chi connectivity index (χ2v) is 7.01. The molecule has 0 radical (unpaired) electrons. The highest BCUT2D eigenvalue weighted by molar-refractivity contribution is 5.99. The summed E-state index contributed by atoms with van der Waals surface area (Å²) in [5.74, 6) is 1.23. The maximum Gasteiger partial charge on any atom is 0.225 e. The van der Waals surface area contributed by atoms with Crippen LogP contribution in [0.4, 0.5) is 5.95 Å². The molecule has 1 aliphatic carbocycles. The molecule has 2 aliphatic rings. The van der Waals surface area contributed by atoms with Crippen LogP contribution < -0.4 is 4.90 Å². The van der Waals surface area contributed by atoms with Gasteiger partial charge in [-0.1, -0.05) is 24.3 Å². The van der Waals surface area contributed by atoms with Crippen LogP contribution in [0.25, 0.3) is 0 Å². The molecule has 2 heterocycles. The summed E-state index contributed by atoms with van der Waals surface area (Å²) in [4.78, 5) is 24.4. The fraction of sp³-hybridized carbons (Fsp3) is 0.450. The minimum absolute atomic E-state index is 0.190. The van der Waals surface area contributed by atoms with Gasteiger partial charge in [-0.3, -0.25) is 4.79 Å². The highest BCUT2D eigenvalue weighted by Crippen LogP contribution is 2.35. The van der Waals surface area contributed by atoms with Gasteiger partial charge in [-0.25, -0.2) is 9.97 Å². The average molecular weight is 321 g/mol. The second kappa shape index (κ2) is 6.00. The molecule has 0 bridgehead atoms. The molecule has 1 aromatic heterocycles. The Labute approximate surface area is 142 Å². The third-order valence-corrected chi connectivity index (χ3v) is 5.32. The Morgan fingerprint density at radius 3 is 2.54 bits per heavy atom. The molecule has 1 aliphatic heterocycles. The fourth-order valence-corrected chi connectivity index (χ4v) is 4.08. The zero-order chi connectivity index (χ0) is 16.7.